The van der Waals surface area contributed by atoms with Crippen LogP contribution in [0.1, 0.15) is 53.9 Å². The Morgan fingerprint density at radius 1 is 1.16 bits per heavy atom. The van der Waals surface area contributed by atoms with Crippen LogP contribution in [0.5, 0.6) is 0 Å². The fraction of sp³-hybridized carbons (Fsp3) is 1.00. The number of nitrogens with zero attached hydrogens (tertiary/aromatic N) is 1. The summed E-state index contributed by atoms with van der Waals surface area (Å²) in [6, 6.07) is 0. The highest BCUT2D eigenvalue weighted by atomic mass is 16.3. The first kappa shape index (κ1) is 18.9. The van der Waals surface area contributed by atoms with Gasteiger partial charge >= 0.3 is 0 Å². The minimum atomic E-state index is 0.299. The fourth-order valence-corrected chi connectivity index (χ4v) is 2.52. The van der Waals surface area contributed by atoms with Crippen LogP contribution in [0.25, 0.3) is 0 Å². The third-order valence-electron chi connectivity index (χ3n) is 4.19. The lowest BCUT2D eigenvalue weighted by Crippen LogP contribution is -2.44. The molecule has 0 radical (unpaired) electrons. The molecule has 0 saturated carbocycles. The van der Waals surface area contributed by atoms with Crippen molar-refractivity contribution in [3.05, 3.63) is 0 Å². The van der Waals surface area contributed by atoms with E-state index in [-0.39, 0.29) is 0 Å². The molecule has 0 aliphatic carbocycles. The van der Waals surface area contributed by atoms with E-state index in [2.05, 4.69) is 44.8 Å². The SMILES string of the molecule is CCN(CCCO)CC(CC)(CC)CNCC(C)C. The summed E-state index contributed by atoms with van der Waals surface area (Å²) in [4.78, 5) is 2.49. The quantitative estimate of drug-likeness (QED) is 0.573. The van der Waals surface area contributed by atoms with Gasteiger partial charge in [0.15, 0.2) is 0 Å². The zero-order valence-corrected chi connectivity index (χ0v) is 13.8. The molecule has 0 aromatic carbocycles. The second kappa shape index (κ2) is 10.6. The third kappa shape index (κ3) is 7.91. The normalized spacial score (nSPS) is 12.6. The van der Waals surface area contributed by atoms with Gasteiger partial charge in [-0.25, -0.2) is 0 Å². The van der Waals surface area contributed by atoms with Gasteiger partial charge in [0.25, 0.3) is 0 Å². The molecule has 2 N–H and O–H groups in total. The van der Waals surface area contributed by atoms with Crippen LogP contribution in [0.4, 0.5) is 0 Å². The Labute approximate surface area is 120 Å². The smallest absolute Gasteiger partial charge is 0.0443 e. The van der Waals surface area contributed by atoms with E-state index in [0.29, 0.717) is 17.9 Å². The zero-order chi connectivity index (χ0) is 14.7. The number of aliphatic hydroxyl groups is 1. The Balaban J connectivity index is 4.40. The molecule has 0 rings (SSSR count). The molecule has 0 unspecified atom stereocenters. The van der Waals surface area contributed by atoms with Crippen LogP contribution in [0.15, 0.2) is 0 Å². The number of hydrogen-bond donors (Lipinski definition) is 2. The van der Waals surface area contributed by atoms with Gasteiger partial charge in [0.1, 0.15) is 0 Å². The summed E-state index contributed by atoms with van der Waals surface area (Å²) in [5.74, 6) is 0.711. The predicted octanol–water partition coefficient (Wildman–Crippen LogP) is 2.74. The molecule has 19 heavy (non-hydrogen) atoms. The lowest BCUT2D eigenvalue weighted by molar-refractivity contribution is 0.129. The van der Waals surface area contributed by atoms with Gasteiger partial charge < -0.3 is 15.3 Å². The number of rotatable bonds is 12. The molecule has 0 aliphatic heterocycles. The van der Waals surface area contributed by atoms with Gasteiger partial charge in [-0.2, -0.15) is 0 Å². The molecule has 0 aromatic heterocycles. The van der Waals surface area contributed by atoms with Crippen molar-refractivity contribution in [3.63, 3.8) is 0 Å². The largest absolute Gasteiger partial charge is 0.396 e. The first-order valence-corrected chi connectivity index (χ1v) is 8.07. The Bertz CT molecular complexity index is 203. The van der Waals surface area contributed by atoms with E-state index in [9.17, 15) is 0 Å². The van der Waals surface area contributed by atoms with Crippen molar-refractivity contribution in [1.82, 2.24) is 10.2 Å². The molecular weight excluding hydrogens is 236 g/mol. The highest BCUT2D eigenvalue weighted by molar-refractivity contribution is 4.83. The van der Waals surface area contributed by atoms with Crippen LogP contribution in [0.2, 0.25) is 0 Å². The van der Waals surface area contributed by atoms with E-state index in [1.807, 2.05) is 0 Å². The average Bonchev–Trinajstić information content (AvgIpc) is 2.41. The second-order valence-corrected chi connectivity index (χ2v) is 6.18. The molecule has 0 saturated heterocycles. The van der Waals surface area contributed by atoms with Gasteiger partial charge in [-0.1, -0.05) is 34.6 Å². The van der Waals surface area contributed by atoms with Crippen LogP contribution >= 0.6 is 0 Å². The van der Waals surface area contributed by atoms with Crippen molar-refractivity contribution in [2.24, 2.45) is 11.3 Å². The Morgan fingerprint density at radius 2 is 1.79 bits per heavy atom. The number of nitrogens with one attached hydrogen (secondary N) is 1. The molecule has 116 valence electrons. The van der Waals surface area contributed by atoms with Crippen LogP contribution in [0, 0.1) is 11.3 Å². The molecular formula is C16H36N2O. The molecule has 0 bridgehead atoms. The Hall–Kier alpha value is -0.120. The molecule has 3 heteroatoms. The van der Waals surface area contributed by atoms with Gasteiger partial charge in [-0.15, -0.1) is 0 Å². The first-order chi connectivity index (χ1) is 9.03. The summed E-state index contributed by atoms with van der Waals surface area (Å²) in [6.45, 7) is 17.1. The lowest BCUT2D eigenvalue weighted by Gasteiger charge is -2.37. The molecule has 3 nitrogen and oxygen atoms in total. The van der Waals surface area contributed by atoms with Crippen LogP contribution in [-0.2, 0) is 0 Å². The minimum absolute atomic E-state index is 0.299. The number of hydrogen-bond acceptors (Lipinski definition) is 3. The first-order valence-electron chi connectivity index (χ1n) is 8.07. The molecule has 0 atom stereocenters. The van der Waals surface area contributed by atoms with E-state index in [0.717, 1.165) is 39.1 Å². The summed E-state index contributed by atoms with van der Waals surface area (Å²) >= 11 is 0. The Kier molecular flexibility index (Phi) is 10.6. The summed E-state index contributed by atoms with van der Waals surface area (Å²) in [6.07, 6.45) is 3.31. The van der Waals surface area contributed by atoms with E-state index >= 15 is 0 Å². The van der Waals surface area contributed by atoms with Crippen molar-refractivity contribution < 1.29 is 5.11 Å². The van der Waals surface area contributed by atoms with Crippen molar-refractivity contribution in [2.75, 3.05) is 39.3 Å². The molecule has 0 amide bonds. The monoisotopic (exact) mass is 272 g/mol. The van der Waals surface area contributed by atoms with E-state index in [4.69, 9.17) is 5.11 Å². The van der Waals surface area contributed by atoms with Crippen LogP contribution in [0.3, 0.4) is 0 Å². The minimum Gasteiger partial charge on any atom is -0.396 e. The summed E-state index contributed by atoms with van der Waals surface area (Å²) in [5, 5.41) is 12.6. The fourth-order valence-electron chi connectivity index (χ4n) is 2.52. The van der Waals surface area contributed by atoms with Crippen molar-refractivity contribution >= 4 is 0 Å². The molecule has 0 spiro atoms. The highest BCUT2D eigenvalue weighted by Gasteiger charge is 2.27. The third-order valence-corrected chi connectivity index (χ3v) is 4.19. The number of aliphatic hydroxyl groups excluding tert-OH is 1. The average molecular weight is 272 g/mol. The van der Waals surface area contributed by atoms with Crippen LogP contribution in [-0.4, -0.2) is 49.3 Å². The van der Waals surface area contributed by atoms with Crippen molar-refractivity contribution in [2.45, 2.75) is 53.9 Å². The van der Waals surface area contributed by atoms with Crippen molar-refractivity contribution in [3.8, 4) is 0 Å². The van der Waals surface area contributed by atoms with Gasteiger partial charge in [0.05, 0.1) is 0 Å². The molecule has 0 fully saturated rings. The lowest BCUT2D eigenvalue weighted by atomic mass is 9.81. The summed E-state index contributed by atoms with van der Waals surface area (Å²) in [5.41, 5.74) is 0.375. The maximum Gasteiger partial charge on any atom is 0.0443 e. The standard InChI is InChI=1S/C16H36N2O/c1-6-16(7-2,13-17-12-15(4)5)14-18(8-3)10-9-11-19/h15,17,19H,6-14H2,1-5H3. The maximum atomic E-state index is 8.99. The zero-order valence-electron chi connectivity index (χ0n) is 13.8. The topological polar surface area (TPSA) is 35.5 Å². The molecule has 0 aromatic rings. The van der Waals surface area contributed by atoms with E-state index in [1.54, 1.807) is 0 Å². The van der Waals surface area contributed by atoms with Gasteiger partial charge in [0, 0.05) is 26.2 Å². The van der Waals surface area contributed by atoms with Gasteiger partial charge in [0.2, 0.25) is 0 Å². The van der Waals surface area contributed by atoms with E-state index < -0.39 is 0 Å². The second-order valence-electron chi connectivity index (χ2n) is 6.18. The maximum absolute atomic E-state index is 8.99. The molecule has 0 aliphatic rings. The summed E-state index contributed by atoms with van der Waals surface area (Å²) in [7, 11) is 0. The van der Waals surface area contributed by atoms with E-state index in [1.165, 1.54) is 12.8 Å². The van der Waals surface area contributed by atoms with Crippen molar-refractivity contribution in [1.29, 1.82) is 0 Å². The van der Waals surface area contributed by atoms with Gasteiger partial charge in [-0.05, 0) is 43.7 Å². The van der Waals surface area contributed by atoms with Gasteiger partial charge in [-0.3, -0.25) is 0 Å². The molecule has 0 heterocycles. The summed E-state index contributed by atoms with van der Waals surface area (Å²) < 4.78 is 0. The highest BCUT2D eigenvalue weighted by Crippen LogP contribution is 2.27. The predicted molar refractivity (Wildman–Crippen MR) is 84.5 cm³/mol. The Morgan fingerprint density at radius 3 is 2.21 bits per heavy atom. The van der Waals surface area contributed by atoms with Crippen LogP contribution < -0.4 is 5.32 Å².